The highest BCUT2D eigenvalue weighted by molar-refractivity contribution is 7.98. The number of nitrogens with zero attached hydrogens (tertiary/aromatic N) is 5. The second-order valence-electron chi connectivity index (χ2n) is 8.79. The molecule has 198 valence electrons. The Morgan fingerprint density at radius 2 is 1.77 bits per heavy atom. The maximum absolute atomic E-state index is 14.0. The van der Waals surface area contributed by atoms with Gasteiger partial charge < -0.3 is 20.5 Å². The number of methoxy groups -OCH3 is 2. The molecule has 0 saturated carbocycles. The molecular weight excluding hydrogens is 534 g/mol. The van der Waals surface area contributed by atoms with Crippen LogP contribution in [-0.4, -0.2) is 38.7 Å². The monoisotopic (exact) mass is 559 g/mol. The Morgan fingerprint density at radius 1 is 1.00 bits per heavy atom. The van der Waals surface area contributed by atoms with Crippen LogP contribution in [0.15, 0.2) is 58.5 Å². The van der Waals surface area contributed by atoms with E-state index in [4.69, 9.17) is 20.2 Å². The molecule has 0 atom stereocenters. The molecule has 0 unspecified atom stereocenters. The molecule has 3 heterocycles. The number of thioether (sulfide) groups is 1. The molecule has 12 heteroatoms. The third-order valence-corrected chi connectivity index (χ3v) is 8.54. The number of benzene rings is 2. The van der Waals surface area contributed by atoms with Crippen LogP contribution in [0.25, 0.3) is 15.9 Å². The van der Waals surface area contributed by atoms with Crippen LogP contribution >= 0.6 is 23.1 Å². The number of rotatable bonds is 8. The Balaban J connectivity index is 1.39. The smallest absolute Gasteiger partial charge is 0.267 e. The maximum Gasteiger partial charge on any atom is 0.267 e. The van der Waals surface area contributed by atoms with Crippen molar-refractivity contribution < 1.29 is 9.47 Å². The van der Waals surface area contributed by atoms with Crippen molar-refractivity contribution in [2.45, 2.75) is 30.2 Å². The number of fused-ring (bicyclic) bond motifs is 3. The number of anilines is 3. The van der Waals surface area contributed by atoms with E-state index < -0.39 is 0 Å². The Bertz CT molecular complexity index is 1750. The number of thiophene rings is 1. The lowest BCUT2D eigenvalue weighted by Gasteiger charge is -2.15. The topological polar surface area (TPSA) is 130 Å². The molecule has 0 saturated heterocycles. The van der Waals surface area contributed by atoms with Crippen molar-refractivity contribution in [3.63, 3.8) is 0 Å². The number of hydrogen-bond acceptors (Lipinski definition) is 11. The van der Waals surface area contributed by atoms with Gasteiger partial charge in [0.25, 0.3) is 5.56 Å². The summed E-state index contributed by atoms with van der Waals surface area (Å²) in [6, 6.07) is 14.9. The Kier molecular flexibility index (Phi) is 6.79. The van der Waals surface area contributed by atoms with E-state index in [2.05, 4.69) is 20.3 Å². The predicted octanol–water partition coefficient (Wildman–Crippen LogP) is 4.76. The van der Waals surface area contributed by atoms with E-state index in [9.17, 15) is 4.79 Å². The Morgan fingerprint density at radius 3 is 2.59 bits per heavy atom. The highest BCUT2D eigenvalue weighted by Crippen LogP contribution is 2.37. The molecule has 0 aliphatic heterocycles. The minimum absolute atomic E-state index is 0.0817. The van der Waals surface area contributed by atoms with Crippen LogP contribution in [0.1, 0.15) is 22.7 Å². The molecule has 0 bridgehead atoms. The zero-order valence-corrected chi connectivity index (χ0v) is 22.9. The molecule has 6 rings (SSSR count). The summed E-state index contributed by atoms with van der Waals surface area (Å²) in [5.41, 5.74) is 8.39. The van der Waals surface area contributed by atoms with Gasteiger partial charge in [0.1, 0.15) is 22.2 Å². The highest BCUT2D eigenvalue weighted by atomic mass is 32.2. The van der Waals surface area contributed by atoms with E-state index >= 15 is 0 Å². The average Bonchev–Trinajstić information content (AvgIpc) is 3.53. The number of nitrogens with two attached hydrogens (primary N) is 1. The van der Waals surface area contributed by atoms with Crippen LogP contribution in [0.3, 0.4) is 0 Å². The van der Waals surface area contributed by atoms with Gasteiger partial charge in [-0.15, -0.1) is 11.3 Å². The molecule has 0 fully saturated rings. The molecule has 3 N–H and O–H groups in total. The van der Waals surface area contributed by atoms with E-state index in [0.717, 1.165) is 29.7 Å². The molecule has 5 aromatic rings. The lowest BCUT2D eigenvalue weighted by atomic mass is 10.2. The lowest BCUT2D eigenvalue weighted by Crippen LogP contribution is -2.22. The molecule has 0 spiro atoms. The summed E-state index contributed by atoms with van der Waals surface area (Å²) in [5, 5.41) is 4.38. The van der Waals surface area contributed by atoms with Crippen molar-refractivity contribution in [3.8, 4) is 17.2 Å². The third kappa shape index (κ3) is 4.77. The van der Waals surface area contributed by atoms with Crippen LogP contribution in [0.4, 0.5) is 17.6 Å². The second-order valence-corrected chi connectivity index (χ2v) is 10.8. The minimum Gasteiger partial charge on any atom is -0.495 e. The maximum atomic E-state index is 14.0. The second kappa shape index (κ2) is 10.5. The van der Waals surface area contributed by atoms with Crippen molar-refractivity contribution in [2.24, 2.45) is 0 Å². The van der Waals surface area contributed by atoms with Gasteiger partial charge in [-0.2, -0.15) is 15.0 Å². The van der Waals surface area contributed by atoms with Gasteiger partial charge in [-0.3, -0.25) is 9.36 Å². The van der Waals surface area contributed by atoms with Crippen molar-refractivity contribution in [2.75, 3.05) is 25.3 Å². The summed E-state index contributed by atoms with van der Waals surface area (Å²) >= 11 is 2.97. The number of ether oxygens (including phenoxy) is 2. The first kappa shape index (κ1) is 25.1. The van der Waals surface area contributed by atoms with Crippen LogP contribution in [0.2, 0.25) is 0 Å². The SMILES string of the molecule is COc1ccccc1Nc1nc(N)nc(CSc2nc3sc4c(c3c(=O)n2-c2ccccc2OC)CCC4)n1. The fourth-order valence-corrected chi connectivity index (χ4v) is 6.87. The van der Waals surface area contributed by atoms with E-state index in [1.54, 1.807) is 30.1 Å². The number of aryl methyl sites for hydroxylation is 2. The largest absolute Gasteiger partial charge is 0.495 e. The summed E-state index contributed by atoms with van der Waals surface area (Å²) in [6.45, 7) is 0. The molecule has 0 radical (unpaired) electrons. The Hall–Kier alpha value is -4.16. The average molecular weight is 560 g/mol. The van der Waals surface area contributed by atoms with Gasteiger partial charge in [0.15, 0.2) is 5.16 Å². The Labute approximate surface area is 232 Å². The van der Waals surface area contributed by atoms with Crippen molar-refractivity contribution >= 4 is 50.9 Å². The lowest BCUT2D eigenvalue weighted by molar-refractivity contribution is 0.411. The fourth-order valence-electron chi connectivity index (χ4n) is 4.70. The summed E-state index contributed by atoms with van der Waals surface area (Å²) in [7, 11) is 3.19. The van der Waals surface area contributed by atoms with E-state index in [1.165, 1.54) is 16.6 Å². The number of hydrogen-bond donors (Lipinski definition) is 2. The molecule has 1 aliphatic carbocycles. The number of nitrogen functional groups attached to an aromatic ring is 1. The van der Waals surface area contributed by atoms with Gasteiger partial charge in [0, 0.05) is 4.88 Å². The summed E-state index contributed by atoms with van der Waals surface area (Å²) in [5.74, 6) is 2.36. The molecule has 39 heavy (non-hydrogen) atoms. The number of para-hydroxylation sites is 4. The molecule has 3 aromatic heterocycles. The first-order chi connectivity index (χ1) is 19.1. The first-order valence-corrected chi connectivity index (χ1v) is 14.1. The molecule has 1 aliphatic rings. The normalized spacial score (nSPS) is 12.5. The predicted molar refractivity (Wildman–Crippen MR) is 154 cm³/mol. The van der Waals surface area contributed by atoms with Crippen LogP contribution in [-0.2, 0) is 18.6 Å². The van der Waals surface area contributed by atoms with E-state index in [0.29, 0.717) is 50.9 Å². The molecule has 0 amide bonds. The number of aromatic nitrogens is 5. The summed E-state index contributed by atoms with van der Waals surface area (Å²) in [4.78, 5) is 34.1. The van der Waals surface area contributed by atoms with Crippen LogP contribution in [0.5, 0.6) is 11.5 Å². The summed E-state index contributed by atoms with van der Waals surface area (Å²) in [6.07, 6.45) is 2.95. The van der Waals surface area contributed by atoms with E-state index in [1.807, 2.05) is 48.5 Å². The highest BCUT2D eigenvalue weighted by Gasteiger charge is 2.25. The van der Waals surface area contributed by atoms with Gasteiger partial charge in [0.05, 0.1) is 36.7 Å². The van der Waals surface area contributed by atoms with Crippen LogP contribution < -0.4 is 26.1 Å². The molecule has 10 nitrogen and oxygen atoms in total. The van der Waals surface area contributed by atoms with Gasteiger partial charge in [-0.25, -0.2) is 4.98 Å². The first-order valence-electron chi connectivity index (χ1n) is 12.3. The standard InChI is InChI=1S/C27H25N7O3S2/c1-36-18-11-5-3-9-16(18)29-26-31-21(30-25(28)33-26)14-38-27-32-23-22(15-8-7-13-20(15)39-23)24(35)34(27)17-10-4-6-12-19(17)37-2/h3-6,9-12H,7-8,13-14H2,1-2H3,(H3,28,29,30,31,33). The van der Waals surface area contributed by atoms with Gasteiger partial charge >= 0.3 is 0 Å². The van der Waals surface area contributed by atoms with Gasteiger partial charge in [-0.05, 0) is 49.1 Å². The van der Waals surface area contributed by atoms with Crippen molar-refractivity contribution in [3.05, 3.63) is 75.1 Å². The zero-order valence-electron chi connectivity index (χ0n) is 21.3. The zero-order chi connectivity index (χ0) is 26.9. The number of nitrogens with one attached hydrogen (secondary N) is 1. The minimum atomic E-state index is -0.0971. The van der Waals surface area contributed by atoms with Gasteiger partial charge in [-0.1, -0.05) is 36.0 Å². The van der Waals surface area contributed by atoms with Crippen molar-refractivity contribution in [1.29, 1.82) is 0 Å². The molecular formula is C27H25N7O3S2. The third-order valence-electron chi connectivity index (χ3n) is 6.42. The van der Waals surface area contributed by atoms with Gasteiger partial charge in [0.2, 0.25) is 11.9 Å². The van der Waals surface area contributed by atoms with Crippen LogP contribution in [0, 0.1) is 0 Å². The molecule has 2 aromatic carbocycles. The van der Waals surface area contributed by atoms with E-state index in [-0.39, 0.29) is 11.5 Å². The summed E-state index contributed by atoms with van der Waals surface area (Å²) < 4.78 is 12.6. The fraction of sp³-hybridized carbons (Fsp3) is 0.222. The quantitative estimate of drug-likeness (QED) is 0.203. The van der Waals surface area contributed by atoms with Crippen molar-refractivity contribution in [1.82, 2.24) is 24.5 Å².